The van der Waals surface area contributed by atoms with Gasteiger partial charge in [0.05, 0.1) is 13.1 Å². The van der Waals surface area contributed by atoms with Crippen molar-refractivity contribution in [2.75, 3.05) is 19.6 Å². The first-order chi connectivity index (χ1) is 13.2. The Hall–Kier alpha value is -1.93. The third-order valence-electron chi connectivity index (χ3n) is 6.52. The molecule has 0 radical (unpaired) electrons. The molecule has 1 fully saturated rings. The molecule has 2 aromatic rings. The van der Waals surface area contributed by atoms with E-state index in [1.165, 1.54) is 60.8 Å². The highest BCUT2D eigenvalue weighted by Gasteiger charge is 2.32. The molecule has 27 heavy (non-hydrogen) atoms. The van der Waals surface area contributed by atoms with Crippen LogP contribution in [0.15, 0.2) is 48.5 Å². The van der Waals surface area contributed by atoms with E-state index in [1.807, 2.05) is 0 Å². The fourth-order valence-electron chi connectivity index (χ4n) is 5.21. The van der Waals surface area contributed by atoms with Crippen LogP contribution in [0.25, 0.3) is 0 Å². The molecule has 0 spiro atoms. The normalized spacial score (nSPS) is 18.7. The van der Waals surface area contributed by atoms with Gasteiger partial charge in [-0.25, -0.2) is 0 Å². The molecule has 2 aliphatic rings. The fourth-order valence-corrected chi connectivity index (χ4v) is 5.21. The van der Waals surface area contributed by atoms with Crippen molar-refractivity contribution in [3.05, 3.63) is 70.8 Å². The highest BCUT2D eigenvalue weighted by molar-refractivity contribution is 5.82. The second kappa shape index (κ2) is 8.39. The predicted octanol–water partition coefficient (Wildman–Crippen LogP) is 4.88. The van der Waals surface area contributed by atoms with Gasteiger partial charge in [-0.3, -0.25) is 4.79 Å². The third kappa shape index (κ3) is 4.50. The van der Waals surface area contributed by atoms with Gasteiger partial charge in [-0.1, -0.05) is 48.5 Å². The van der Waals surface area contributed by atoms with Crippen molar-refractivity contribution >= 4 is 5.78 Å². The Kier molecular flexibility index (Phi) is 5.73. The summed E-state index contributed by atoms with van der Waals surface area (Å²) in [6.07, 6.45) is 9.34. The van der Waals surface area contributed by atoms with Crippen LogP contribution in [-0.4, -0.2) is 29.9 Å². The summed E-state index contributed by atoms with van der Waals surface area (Å²) in [6.45, 7) is 3.99. The molecule has 0 atom stereocenters. The van der Waals surface area contributed by atoms with Crippen molar-refractivity contribution in [3.63, 3.8) is 0 Å². The molecule has 1 aliphatic carbocycles. The monoisotopic (exact) mass is 362 g/mol. The number of aryl methyl sites for hydroxylation is 1. The summed E-state index contributed by atoms with van der Waals surface area (Å²) in [6, 6.07) is 17.3. The number of fused-ring (bicyclic) bond motifs is 1. The lowest BCUT2D eigenvalue weighted by molar-refractivity contribution is -0.932. The Morgan fingerprint density at radius 2 is 1.59 bits per heavy atom. The summed E-state index contributed by atoms with van der Waals surface area (Å²) in [5.41, 5.74) is 5.61. The van der Waals surface area contributed by atoms with Crippen LogP contribution in [0.1, 0.15) is 54.4 Å². The largest absolute Gasteiger partial charge is 0.314 e. The average Bonchev–Trinajstić information content (AvgIpc) is 3.05. The minimum absolute atomic E-state index is 0.424. The number of rotatable bonds is 6. The zero-order valence-corrected chi connectivity index (χ0v) is 16.5. The number of carbonyl (C=O) groups is 1. The second-order valence-corrected chi connectivity index (χ2v) is 8.63. The summed E-state index contributed by atoms with van der Waals surface area (Å²) in [5.74, 6) is 0.424. The van der Waals surface area contributed by atoms with Gasteiger partial charge in [0, 0.05) is 12.0 Å². The first-order valence-corrected chi connectivity index (χ1v) is 10.7. The van der Waals surface area contributed by atoms with E-state index in [0.29, 0.717) is 18.7 Å². The summed E-state index contributed by atoms with van der Waals surface area (Å²) in [7, 11) is 0. The zero-order chi connectivity index (χ0) is 18.5. The molecule has 0 aromatic heterocycles. The standard InChI is InChI=1S/C25H32NO/c27-24(18-23-14-8-12-22-13-9-15-25(22)23)20-26(16-6-1-2-7-17-26)19-21-10-4-3-5-11-21/h3-5,8,10-12,14H,1-2,6-7,9,13,15-20H2/q+1. The molecule has 142 valence electrons. The highest BCUT2D eigenvalue weighted by Crippen LogP contribution is 2.27. The van der Waals surface area contributed by atoms with Gasteiger partial charge in [0.15, 0.2) is 5.78 Å². The molecule has 1 heterocycles. The van der Waals surface area contributed by atoms with E-state index >= 15 is 0 Å². The lowest BCUT2D eigenvalue weighted by Gasteiger charge is -2.37. The highest BCUT2D eigenvalue weighted by atomic mass is 16.1. The van der Waals surface area contributed by atoms with Gasteiger partial charge in [0.1, 0.15) is 13.1 Å². The van der Waals surface area contributed by atoms with Crippen LogP contribution in [0.5, 0.6) is 0 Å². The van der Waals surface area contributed by atoms with Crippen molar-refractivity contribution in [3.8, 4) is 0 Å². The molecule has 0 N–H and O–H groups in total. The number of hydrogen-bond donors (Lipinski definition) is 0. The average molecular weight is 363 g/mol. The van der Waals surface area contributed by atoms with Gasteiger partial charge in [-0.05, 0) is 61.6 Å². The molecule has 4 rings (SSSR count). The number of ketones is 1. The molecule has 2 aromatic carbocycles. The minimum atomic E-state index is 0.424. The van der Waals surface area contributed by atoms with Crippen LogP contribution in [0.4, 0.5) is 0 Å². The smallest absolute Gasteiger partial charge is 0.191 e. The number of quaternary nitrogens is 1. The molecular formula is C25H32NO+. The van der Waals surface area contributed by atoms with E-state index < -0.39 is 0 Å². The van der Waals surface area contributed by atoms with Gasteiger partial charge < -0.3 is 4.48 Å². The van der Waals surface area contributed by atoms with E-state index in [4.69, 9.17) is 0 Å². The molecule has 1 saturated heterocycles. The van der Waals surface area contributed by atoms with Gasteiger partial charge in [0.2, 0.25) is 0 Å². The molecule has 0 unspecified atom stereocenters. The van der Waals surface area contributed by atoms with E-state index in [1.54, 1.807) is 0 Å². The first-order valence-electron chi connectivity index (χ1n) is 10.7. The number of Topliss-reactive ketones (excluding diaryl/α,β-unsaturated/α-hetero) is 1. The molecule has 1 aliphatic heterocycles. The molecule has 0 amide bonds. The SMILES string of the molecule is O=C(Cc1cccc2c1CCC2)C[N+]1(Cc2ccccc2)CCCCCC1. The summed E-state index contributed by atoms with van der Waals surface area (Å²) in [5, 5.41) is 0. The number of benzene rings is 2. The Labute approximate surface area is 163 Å². The van der Waals surface area contributed by atoms with Crippen molar-refractivity contribution in [1.82, 2.24) is 0 Å². The topological polar surface area (TPSA) is 17.1 Å². The number of hydrogen-bond acceptors (Lipinski definition) is 1. The zero-order valence-electron chi connectivity index (χ0n) is 16.5. The quantitative estimate of drug-likeness (QED) is 0.670. The van der Waals surface area contributed by atoms with E-state index in [9.17, 15) is 4.79 Å². The van der Waals surface area contributed by atoms with Crippen molar-refractivity contribution < 1.29 is 9.28 Å². The molecule has 0 bridgehead atoms. The maximum Gasteiger partial charge on any atom is 0.191 e. The van der Waals surface area contributed by atoms with Gasteiger partial charge in [-0.15, -0.1) is 0 Å². The van der Waals surface area contributed by atoms with Crippen molar-refractivity contribution in [2.45, 2.75) is 57.9 Å². The van der Waals surface area contributed by atoms with E-state index in [0.717, 1.165) is 30.5 Å². The van der Waals surface area contributed by atoms with Gasteiger partial charge in [0.25, 0.3) is 0 Å². The summed E-state index contributed by atoms with van der Waals surface area (Å²) < 4.78 is 0.956. The molecule has 2 heteroatoms. The predicted molar refractivity (Wildman–Crippen MR) is 111 cm³/mol. The maximum atomic E-state index is 13.2. The number of nitrogens with zero attached hydrogens (tertiary/aromatic N) is 1. The summed E-state index contributed by atoms with van der Waals surface area (Å²) in [4.78, 5) is 13.2. The molecule has 0 saturated carbocycles. The maximum absolute atomic E-state index is 13.2. The van der Waals surface area contributed by atoms with Crippen LogP contribution in [0, 0.1) is 0 Å². The lowest BCUT2D eigenvalue weighted by Crippen LogP contribution is -2.51. The Bertz CT molecular complexity index is 772. The fraction of sp³-hybridized carbons (Fsp3) is 0.480. The second-order valence-electron chi connectivity index (χ2n) is 8.63. The Balaban J connectivity index is 1.51. The van der Waals surface area contributed by atoms with Crippen LogP contribution in [0.3, 0.4) is 0 Å². The third-order valence-corrected chi connectivity index (χ3v) is 6.52. The van der Waals surface area contributed by atoms with Crippen LogP contribution >= 0.6 is 0 Å². The molecular weight excluding hydrogens is 330 g/mol. The Morgan fingerprint density at radius 1 is 0.815 bits per heavy atom. The van der Waals surface area contributed by atoms with Crippen molar-refractivity contribution in [2.24, 2.45) is 0 Å². The number of carbonyl (C=O) groups excluding carboxylic acids is 1. The summed E-state index contributed by atoms with van der Waals surface area (Å²) >= 11 is 0. The van der Waals surface area contributed by atoms with Gasteiger partial charge in [-0.2, -0.15) is 0 Å². The Morgan fingerprint density at radius 3 is 2.37 bits per heavy atom. The number of likely N-dealkylation sites (tertiary alicyclic amines) is 1. The first kappa shape index (κ1) is 18.4. The van der Waals surface area contributed by atoms with E-state index in [2.05, 4.69) is 48.5 Å². The van der Waals surface area contributed by atoms with E-state index in [-0.39, 0.29) is 0 Å². The van der Waals surface area contributed by atoms with Crippen molar-refractivity contribution in [1.29, 1.82) is 0 Å². The van der Waals surface area contributed by atoms with Gasteiger partial charge >= 0.3 is 0 Å². The molecule has 2 nitrogen and oxygen atoms in total. The van der Waals surface area contributed by atoms with Crippen LogP contribution in [-0.2, 0) is 30.6 Å². The van der Waals surface area contributed by atoms with Crippen LogP contribution < -0.4 is 0 Å². The van der Waals surface area contributed by atoms with Crippen LogP contribution in [0.2, 0.25) is 0 Å². The lowest BCUT2D eigenvalue weighted by atomic mass is 9.98. The minimum Gasteiger partial charge on any atom is -0.314 e.